The normalized spacial score (nSPS) is 10.3. The first-order valence-electron chi connectivity index (χ1n) is 7.24. The van der Waals surface area contributed by atoms with Gasteiger partial charge in [-0.25, -0.2) is 9.97 Å². The van der Waals surface area contributed by atoms with E-state index < -0.39 is 0 Å². The fourth-order valence-electron chi connectivity index (χ4n) is 1.95. The predicted molar refractivity (Wildman–Crippen MR) is 82.2 cm³/mol. The standard InChI is InChI=1S/C15H21N5O/c1-2-6-17-14-13(5-3-7-18-14)15(21)19-8-4-10-20-11-9-16-12-20/h3,5,7,9,11-12H,2,4,6,8,10H2,1H3,(H,17,18)(H,19,21). The van der Waals surface area contributed by atoms with Crippen LogP contribution in [-0.4, -0.2) is 33.5 Å². The molecule has 0 unspecified atom stereocenters. The Balaban J connectivity index is 1.82. The number of imidazole rings is 1. The zero-order valence-electron chi connectivity index (χ0n) is 12.2. The molecule has 2 heterocycles. The highest BCUT2D eigenvalue weighted by atomic mass is 16.1. The molecule has 21 heavy (non-hydrogen) atoms. The Hall–Kier alpha value is -2.37. The molecule has 0 saturated carbocycles. The molecule has 112 valence electrons. The zero-order chi connectivity index (χ0) is 14.9. The lowest BCUT2D eigenvalue weighted by atomic mass is 10.2. The summed E-state index contributed by atoms with van der Waals surface area (Å²) in [7, 11) is 0. The molecule has 0 fully saturated rings. The third kappa shape index (κ3) is 4.59. The van der Waals surface area contributed by atoms with Gasteiger partial charge in [0.05, 0.1) is 11.9 Å². The Kier molecular flexibility index (Phi) is 5.75. The number of hydrogen-bond acceptors (Lipinski definition) is 4. The van der Waals surface area contributed by atoms with Crippen molar-refractivity contribution in [2.45, 2.75) is 26.3 Å². The molecular formula is C15H21N5O. The maximum Gasteiger partial charge on any atom is 0.255 e. The molecule has 2 aromatic heterocycles. The van der Waals surface area contributed by atoms with Crippen molar-refractivity contribution in [2.75, 3.05) is 18.4 Å². The smallest absolute Gasteiger partial charge is 0.255 e. The SMILES string of the molecule is CCCNc1ncccc1C(=O)NCCCn1ccnc1. The molecule has 6 nitrogen and oxygen atoms in total. The van der Waals surface area contributed by atoms with E-state index in [1.165, 1.54) is 0 Å². The summed E-state index contributed by atoms with van der Waals surface area (Å²) in [6.07, 6.45) is 8.97. The van der Waals surface area contributed by atoms with Gasteiger partial charge in [0.2, 0.25) is 0 Å². The number of hydrogen-bond donors (Lipinski definition) is 2. The van der Waals surface area contributed by atoms with E-state index in [4.69, 9.17) is 0 Å². The van der Waals surface area contributed by atoms with Crippen LogP contribution in [0.5, 0.6) is 0 Å². The van der Waals surface area contributed by atoms with Gasteiger partial charge >= 0.3 is 0 Å². The number of nitrogens with one attached hydrogen (secondary N) is 2. The third-order valence-electron chi connectivity index (χ3n) is 3.03. The molecule has 0 aliphatic rings. The lowest BCUT2D eigenvalue weighted by Gasteiger charge is -2.10. The largest absolute Gasteiger partial charge is 0.369 e. The second-order valence-electron chi connectivity index (χ2n) is 4.74. The van der Waals surface area contributed by atoms with Crippen LogP contribution in [0, 0.1) is 0 Å². The minimum Gasteiger partial charge on any atom is -0.369 e. The number of rotatable bonds is 8. The van der Waals surface area contributed by atoms with Crippen LogP contribution in [0.3, 0.4) is 0 Å². The predicted octanol–water partition coefficient (Wildman–Crippen LogP) is 1.92. The highest BCUT2D eigenvalue weighted by molar-refractivity contribution is 5.98. The molecule has 0 spiro atoms. The Morgan fingerprint density at radius 1 is 1.33 bits per heavy atom. The van der Waals surface area contributed by atoms with E-state index in [2.05, 4.69) is 27.5 Å². The van der Waals surface area contributed by atoms with Crippen molar-refractivity contribution in [1.82, 2.24) is 19.9 Å². The number of pyridine rings is 1. The third-order valence-corrected chi connectivity index (χ3v) is 3.03. The number of amides is 1. The summed E-state index contributed by atoms with van der Waals surface area (Å²) in [4.78, 5) is 20.4. The molecule has 0 radical (unpaired) electrons. The van der Waals surface area contributed by atoms with Gasteiger partial charge in [-0.15, -0.1) is 0 Å². The van der Waals surface area contributed by atoms with Crippen LogP contribution in [0.1, 0.15) is 30.1 Å². The van der Waals surface area contributed by atoms with Gasteiger partial charge in [0.1, 0.15) is 5.82 Å². The zero-order valence-corrected chi connectivity index (χ0v) is 12.2. The fraction of sp³-hybridized carbons (Fsp3) is 0.400. The number of aryl methyl sites for hydroxylation is 1. The van der Waals surface area contributed by atoms with E-state index in [1.54, 1.807) is 30.9 Å². The van der Waals surface area contributed by atoms with Crippen LogP contribution in [-0.2, 0) is 6.54 Å². The highest BCUT2D eigenvalue weighted by Gasteiger charge is 2.10. The monoisotopic (exact) mass is 287 g/mol. The summed E-state index contributed by atoms with van der Waals surface area (Å²) in [5.41, 5.74) is 0.591. The van der Waals surface area contributed by atoms with Crippen molar-refractivity contribution in [3.63, 3.8) is 0 Å². The van der Waals surface area contributed by atoms with Gasteiger partial charge in [-0.1, -0.05) is 6.92 Å². The number of aromatic nitrogens is 3. The number of nitrogens with zero attached hydrogens (tertiary/aromatic N) is 3. The first-order valence-corrected chi connectivity index (χ1v) is 7.24. The fourth-order valence-corrected chi connectivity index (χ4v) is 1.95. The number of anilines is 1. The van der Waals surface area contributed by atoms with Crippen LogP contribution in [0.25, 0.3) is 0 Å². The summed E-state index contributed by atoms with van der Waals surface area (Å²) in [6, 6.07) is 3.56. The van der Waals surface area contributed by atoms with E-state index >= 15 is 0 Å². The van der Waals surface area contributed by atoms with Crippen molar-refractivity contribution in [1.29, 1.82) is 0 Å². The molecular weight excluding hydrogens is 266 g/mol. The van der Waals surface area contributed by atoms with E-state index in [9.17, 15) is 4.79 Å². The minimum atomic E-state index is -0.0904. The highest BCUT2D eigenvalue weighted by Crippen LogP contribution is 2.11. The molecule has 1 amide bonds. The van der Waals surface area contributed by atoms with Gasteiger partial charge in [0, 0.05) is 38.2 Å². The molecule has 0 atom stereocenters. The lowest BCUT2D eigenvalue weighted by Crippen LogP contribution is -2.26. The summed E-state index contributed by atoms with van der Waals surface area (Å²) in [5.74, 6) is 0.554. The minimum absolute atomic E-state index is 0.0904. The van der Waals surface area contributed by atoms with E-state index in [0.717, 1.165) is 25.9 Å². The second-order valence-corrected chi connectivity index (χ2v) is 4.74. The van der Waals surface area contributed by atoms with Gasteiger partial charge in [0.25, 0.3) is 5.91 Å². The van der Waals surface area contributed by atoms with Crippen LogP contribution in [0.4, 0.5) is 5.82 Å². The van der Waals surface area contributed by atoms with E-state index in [-0.39, 0.29) is 5.91 Å². The summed E-state index contributed by atoms with van der Waals surface area (Å²) in [6.45, 7) is 4.34. The molecule has 0 saturated heterocycles. The molecule has 2 N–H and O–H groups in total. The van der Waals surface area contributed by atoms with Crippen molar-refractivity contribution >= 4 is 11.7 Å². The van der Waals surface area contributed by atoms with Crippen molar-refractivity contribution in [2.24, 2.45) is 0 Å². The number of carbonyl (C=O) groups excluding carboxylic acids is 1. The van der Waals surface area contributed by atoms with Crippen LogP contribution >= 0.6 is 0 Å². The molecule has 0 bridgehead atoms. The van der Waals surface area contributed by atoms with Crippen LogP contribution in [0.15, 0.2) is 37.1 Å². The first-order chi connectivity index (χ1) is 10.3. The summed E-state index contributed by atoms with van der Waals surface area (Å²) < 4.78 is 1.99. The average molecular weight is 287 g/mol. The van der Waals surface area contributed by atoms with Crippen molar-refractivity contribution in [3.05, 3.63) is 42.6 Å². The lowest BCUT2D eigenvalue weighted by molar-refractivity contribution is 0.0953. The summed E-state index contributed by atoms with van der Waals surface area (Å²) >= 11 is 0. The Bertz CT molecular complexity index is 553. The average Bonchev–Trinajstić information content (AvgIpc) is 3.03. The summed E-state index contributed by atoms with van der Waals surface area (Å²) in [5, 5.41) is 6.10. The quantitative estimate of drug-likeness (QED) is 0.728. The molecule has 0 aliphatic heterocycles. The van der Waals surface area contributed by atoms with E-state index in [0.29, 0.717) is 17.9 Å². The Morgan fingerprint density at radius 3 is 3.00 bits per heavy atom. The van der Waals surface area contributed by atoms with Crippen LogP contribution in [0.2, 0.25) is 0 Å². The number of carbonyl (C=O) groups is 1. The molecule has 2 aromatic rings. The van der Waals surface area contributed by atoms with Gasteiger partial charge in [-0.3, -0.25) is 4.79 Å². The molecule has 0 aromatic carbocycles. The molecule has 6 heteroatoms. The van der Waals surface area contributed by atoms with Crippen LogP contribution < -0.4 is 10.6 Å². The second kappa shape index (κ2) is 8.04. The van der Waals surface area contributed by atoms with Gasteiger partial charge < -0.3 is 15.2 Å². The Morgan fingerprint density at radius 2 is 2.24 bits per heavy atom. The Labute approximate surface area is 124 Å². The van der Waals surface area contributed by atoms with Crippen molar-refractivity contribution in [3.8, 4) is 0 Å². The van der Waals surface area contributed by atoms with Gasteiger partial charge in [0.15, 0.2) is 0 Å². The maximum atomic E-state index is 12.2. The van der Waals surface area contributed by atoms with E-state index in [1.807, 2.05) is 10.8 Å². The van der Waals surface area contributed by atoms with Gasteiger partial charge in [-0.05, 0) is 25.0 Å². The molecule has 2 rings (SSSR count). The molecule has 0 aliphatic carbocycles. The first kappa shape index (κ1) is 15.0. The topological polar surface area (TPSA) is 71.8 Å². The van der Waals surface area contributed by atoms with Crippen molar-refractivity contribution < 1.29 is 4.79 Å². The van der Waals surface area contributed by atoms with Gasteiger partial charge in [-0.2, -0.15) is 0 Å². The maximum absolute atomic E-state index is 12.2.